The number of aromatic nitrogens is 4. The Hall–Kier alpha value is -0.960. The fraction of sp³-hybridized carbons (Fsp3) is 0.333. The van der Waals surface area contributed by atoms with Crippen molar-refractivity contribution in [1.29, 1.82) is 0 Å². The molecule has 110 valence electrons. The zero-order chi connectivity index (χ0) is 15.0. The first-order valence-electron chi connectivity index (χ1n) is 6.03. The summed E-state index contributed by atoms with van der Waals surface area (Å²) >= 11 is 9.96. The molecule has 3 heterocycles. The van der Waals surface area contributed by atoms with Gasteiger partial charge in [0.1, 0.15) is 5.82 Å². The Morgan fingerprint density at radius 1 is 1.24 bits per heavy atom. The highest BCUT2D eigenvalue weighted by molar-refractivity contribution is 8.00. The highest BCUT2D eigenvalue weighted by Crippen LogP contribution is 2.34. The molecule has 0 spiro atoms. The Morgan fingerprint density at radius 3 is 2.67 bits per heavy atom. The molecular formula is C12H11ClN4OS3. The Labute approximate surface area is 138 Å². The van der Waals surface area contributed by atoms with E-state index in [0.29, 0.717) is 15.4 Å². The zero-order valence-corrected chi connectivity index (χ0v) is 14.7. The van der Waals surface area contributed by atoms with Crippen molar-refractivity contribution >= 4 is 46.2 Å². The minimum absolute atomic E-state index is 0.0664. The van der Waals surface area contributed by atoms with Gasteiger partial charge in [-0.05, 0) is 23.7 Å². The van der Waals surface area contributed by atoms with Crippen molar-refractivity contribution in [1.82, 2.24) is 19.6 Å². The number of hydrogen-bond acceptors (Lipinski definition) is 8. The first kappa shape index (κ1) is 15.0. The molecule has 0 aromatic carbocycles. The third-order valence-electron chi connectivity index (χ3n) is 2.44. The standard InChI is InChI=1S/C12H11ClN4OS3/c1-12(2,3)9-14-11(21-17-9)20-10-16-15-8(18-10)6-4-5-7(13)19-6/h4-5H,1-3H3. The lowest BCUT2D eigenvalue weighted by Gasteiger charge is -2.11. The van der Waals surface area contributed by atoms with Crippen molar-refractivity contribution in [3.05, 3.63) is 22.3 Å². The van der Waals surface area contributed by atoms with Crippen LogP contribution < -0.4 is 0 Å². The number of nitrogens with zero attached hydrogens (tertiary/aromatic N) is 4. The Morgan fingerprint density at radius 2 is 2.05 bits per heavy atom. The molecule has 0 aliphatic carbocycles. The molecule has 0 radical (unpaired) electrons. The van der Waals surface area contributed by atoms with E-state index in [1.807, 2.05) is 6.07 Å². The van der Waals surface area contributed by atoms with Crippen molar-refractivity contribution in [3.63, 3.8) is 0 Å². The largest absolute Gasteiger partial charge is 0.410 e. The summed E-state index contributed by atoms with van der Waals surface area (Å²) in [5, 5.41) is 8.49. The van der Waals surface area contributed by atoms with E-state index in [9.17, 15) is 0 Å². The molecule has 0 fully saturated rings. The molecule has 21 heavy (non-hydrogen) atoms. The predicted octanol–water partition coefficient (Wildman–Crippen LogP) is 4.75. The van der Waals surface area contributed by atoms with Crippen LogP contribution in [0.15, 0.2) is 26.1 Å². The lowest BCUT2D eigenvalue weighted by Crippen LogP contribution is -2.12. The molecule has 0 amide bonds. The van der Waals surface area contributed by atoms with Gasteiger partial charge in [0.25, 0.3) is 11.1 Å². The number of halogens is 1. The Bertz CT molecular complexity index is 758. The van der Waals surface area contributed by atoms with Gasteiger partial charge in [-0.2, -0.15) is 4.37 Å². The minimum Gasteiger partial charge on any atom is -0.410 e. The second-order valence-electron chi connectivity index (χ2n) is 5.21. The second-order valence-corrected chi connectivity index (χ2v) is 8.88. The number of rotatable bonds is 3. The van der Waals surface area contributed by atoms with Gasteiger partial charge in [-0.3, -0.25) is 0 Å². The van der Waals surface area contributed by atoms with E-state index < -0.39 is 0 Å². The van der Waals surface area contributed by atoms with Crippen LogP contribution in [0.25, 0.3) is 10.8 Å². The van der Waals surface area contributed by atoms with Gasteiger partial charge in [0.15, 0.2) is 4.34 Å². The summed E-state index contributed by atoms with van der Waals surface area (Å²) in [4.78, 5) is 5.34. The fourth-order valence-corrected chi connectivity index (χ4v) is 3.94. The van der Waals surface area contributed by atoms with Crippen LogP contribution >= 0.6 is 46.2 Å². The summed E-state index contributed by atoms with van der Waals surface area (Å²) in [6.07, 6.45) is 0. The maximum Gasteiger partial charge on any atom is 0.284 e. The Kier molecular flexibility index (Phi) is 4.04. The van der Waals surface area contributed by atoms with Crippen LogP contribution in [0.5, 0.6) is 0 Å². The molecular weight excluding hydrogens is 348 g/mol. The molecule has 5 nitrogen and oxygen atoms in total. The van der Waals surface area contributed by atoms with E-state index in [4.69, 9.17) is 16.0 Å². The zero-order valence-electron chi connectivity index (χ0n) is 11.5. The first-order valence-corrected chi connectivity index (χ1v) is 8.81. The molecule has 0 saturated carbocycles. The maximum absolute atomic E-state index is 5.90. The average molecular weight is 359 g/mol. The molecule has 9 heteroatoms. The van der Waals surface area contributed by atoms with E-state index >= 15 is 0 Å². The SMILES string of the molecule is CC(C)(C)c1nsc(Sc2nnc(-c3ccc(Cl)s3)o2)n1. The van der Waals surface area contributed by atoms with Crippen LogP contribution in [-0.2, 0) is 5.41 Å². The van der Waals surface area contributed by atoms with E-state index in [0.717, 1.165) is 15.0 Å². The summed E-state index contributed by atoms with van der Waals surface area (Å²) in [7, 11) is 0. The molecule has 0 unspecified atom stereocenters. The van der Waals surface area contributed by atoms with Crippen molar-refractivity contribution in [2.24, 2.45) is 0 Å². The lowest BCUT2D eigenvalue weighted by atomic mass is 9.96. The van der Waals surface area contributed by atoms with E-state index in [-0.39, 0.29) is 5.41 Å². The van der Waals surface area contributed by atoms with Crippen LogP contribution in [-0.4, -0.2) is 19.6 Å². The lowest BCUT2D eigenvalue weighted by molar-refractivity contribution is 0.466. The molecule has 3 aromatic heterocycles. The molecule has 0 N–H and O–H groups in total. The van der Waals surface area contributed by atoms with Gasteiger partial charge in [0, 0.05) is 17.2 Å². The highest BCUT2D eigenvalue weighted by atomic mass is 35.5. The highest BCUT2D eigenvalue weighted by Gasteiger charge is 2.21. The first-order chi connectivity index (χ1) is 9.91. The van der Waals surface area contributed by atoms with Gasteiger partial charge in [-0.1, -0.05) is 32.4 Å². The van der Waals surface area contributed by atoms with Crippen molar-refractivity contribution in [3.8, 4) is 10.8 Å². The number of hydrogen-bond donors (Lipinski definition) is 0. The monoisotopic (exact) mass is 358 g/mol. The molecule has 0 atom stereocenters. The molecule has 0 aliphatic heterocycles. The minimum atomic E-state index is -0.0664. The van der Waals surface area contributed by atoms with E-state index in [1.165, 1.54) is 34.6 Å². The summed E-state index contributed by atoms with van der Waals surface area (Å²) in [6.45, 7) is 6.23. The summed E-state index contributed by atoms with van der Waals surface area (Å²) < 4.78 is 11.5. The van der Waals surface area contributed by atoms with Gasteiger partial charge < -0.3 is 4.42 Å². The number of thiophene rings is 1. The van der Waals surface area contributed by atoms with Gasteiger partial charge in [0.2, 0.25) is 0 Å². The quantitative estimate of drug-likeness (QED) is 0.673. The van der Waals surface area contributed by atoms with Gasteiger partial charge in [0.05, 0.1) is 9.21 Å². The third-order valence-corrected chi connectivity index (χ3v) is 5.25. The molecule has 0 aliphatic rings. The predicted molar refractivity (Wildman–Crippen MR) is 85.4 cm³/mol. The Balaban J connectivity index is 1.77. The van der Waals surface area contributed by atoms with Gasteiger partial charge in [-0.15, -0.1) is 21.5 Å². The molecule has 0 saturated heterocycles. The average Bonchev–Trinajstić information content (AvgIpc) is 3.08. The van der Waals surface area contributed by atoms with Crippen LogP contribution in [0.1, 0.15) is 26.6 Å². The summed E-state index contributed by atoms with van der Waals surface area (Å²) in [5.74, 6) is 1.29. The van der Waals surface area contributed by atoms with Crippen molar-refractivity contribution in [2.75, 3.05) is 0 Å². The third kappa shape index (κ3) is 3.45. The maximum atomic E-state index is 5.90. The van der Waals surface area contributed by atoms with Gasteiger partial charge in [-0.25, -0.2) is 4.98 Å². The van der Waals surface area contributed by atoms with Crippen LogP contribution in [0, 0.1) is 0 Å². The molecule has 3 rings (SSSR count). The van der Waals surface area contributed by atoms with E-state index in [1.54, 1.807) is 6.07 Å². The fourth-order valence-electron chi connectivity index (χ4n) is 1.41. The second kappa shape index (κ2) is 5.68. The normalized spacial score (nSPS) is 12.0. The summed E-state index contributed by atoms with van der Waals surface area (Å²) in [5.41, 5.74) is -0.0664. The van der Waals surface area contributed by atoms with Crippen LogP contribution in [0.4, 0.5) is 0 Å². The van der Waals surface area contributed by atoms with Crippen LogP contribution in [0.2, 0.25) is 4.34 Å². The van der Waals surface area contributed by atoms with Gasteiger partial charge >= 0.3 is 0 Å². The smallest absolute Gasteiger partial charge is 0.284 e. The molecule has 0 bridgehead atoms. The van der Waals surface area contributed by atoms with E-state index in [2.05, 4.69) is 40.3 Å². The molecule has 3 aromatic rings. The van der Waals surface area contributed by atoms with Crippen molar-refractivity contribution < 1.29 is 4.42 Å². The van der Waals surface area contributed by atoms with Crippen molar-refractivity contribution in [2.45, 2.75) is 35.7 Å². The summed E-state index contributed by atoms with van der Waals surface area (Å²) in [6, 6.07) is 3.66. The van der Waals surface area contributed by atoms with Crippen LogP contribution in [0.3, 0.4) is 0 Å². The topological polar surface area (TPSA) is 64.7 Å².